The van der Waals surface area contributed by atoms with Gasteiger partial charge in [0.1, 0.15) is 5.69 Å². The molecule has 0 radical (unpaired) electrons. The summed E-state index contributed by atoms with van der Waals surface area (Å²) in [5.41, 5.74) is 3.20. The van der Waals surface area contributed by atoms with Crippen molar-refractivity contribution in [1.82, 2.24) is 15.0 Å². The van der Waals surface area contributed by atoms with Crippen molar-refractivity contribution in [3.8, 4) is 22.6 Å². The Morgan fingerprint density at radius 3 is 2.39 bits per heavy atom. The number of aromatic nitrogens is 3. The van der Waals surface area contributed by atoms with Crippen LogP contribution in [0.1, 0.15) is 46.4 Å². The van der Waals surface area contributed by atoms with E-state index < -0.39 is 11.9 Å². The number of alkyl halides is 3. The molecule has 0 spiro atoms. The molecule has 0 unspecified atom stereocenters. The van der Waals surface area contributed by atoms with Gasteiger partial charge in [-0.2, -0.15) is 13.2 Å². The van der Waals surface area contributed by atoms with Gasteiger partial charge in [-0.3, -0.25) is 14.8 Å². The third-order valence-corrected chi connectivity index (χ3v) is 5.32. The van der Waals surface area contributed by atoms with Gasteiger partial charge < -0.3 is 4.42 Å². The Balaban J connectivity index is 1.63. The lowest BCUT2D eigenvalue weighted by molar-refractivity contribution is -0.141. The van der Waals surface area contributed by atoms with Gasteiger partial charge in [0.2, 0.25) is 0 Å². The molecule has 0 aliphatic carbocycles. The molecule has 168 valence electrons. The molecule has 8 heteroatoms. The van der Waals surface area contributed by atoms with Gasteiger partial charge in [-0.15, -0.1) is 0 Å². The summed E-state index contributed by atoms with van der Waals surface area (Å²) in [6.07, 6.45) is 1.40. The molecule has 4 aromatic rings. The van der Waals surface area contributed by atoms with E-state index in [0.717, 1.165) is 17.2 Å². The highest BCUT2D eigenvalue weighted by atomic mass is 19.4. The maximum absolute atomic E-state index is 13.1. The average Bonchev–Trinajstić information content (AvgIpc) is 3.34. The van der Waals surface area contributed by atoms with Crippen molar-refractivity contribution in [2.45, 2.75) is 32.4 Å². The highest BCUT2D eigenvalue weighted by molar-refractivity contribution is 5.99. The van der Waals surface area contributed by atoms with Gasteiger partial charge in [-0.1, -0.05) is 19.1 Å². The van der Waals surface area contributed by atoms with E-state index in [4.69, 9.17) is 4.42 Å². The first kappa shape index (κ1) is 22.4. The summed E-state index contributed by atoms with van der Waals surface area (Å²) in [5, 5.41) is 0. The van der Waals surface area contributed by atoms with Gasteiger partial charge in [0, 0.05) is 35.5 Å². The second-order valence-electron chi connectivity index (χ2n) is 7.89. The van der Waals surface area contributed by atoms with Crippen LogP contribution in [0, 0.1) is 6.92 Å². The molecule has 1 aromatic carbocycles. The Hall–Kier alpha value is -3.81. The molecule has 0 amide bonds. The number of pyridine rings is 2. The number of halogens is 3. The van der Waals surface area contributed by atoms with Crippen molar-refractivity contribution in [2.75, 3.05) is 0 Å². The summed E-state index contributed by atoms with van der Waals surface area (Å²) in [4.78, 5) is 25.0. The maximum atomic E-state index is 13.1. The van der Waals surface area contributed by atoms with E-state index >= 15 is 0 Å². The minimum atomic E-state index is -4.50. The molecule has 5 nitrogen and oxygen atoms in total. The molecule has 0 saturated carbocycles. The standard InChI is InChI=1S/C25H20F3N3O2/c1-15-3-5-21(30-11-15)18-8-19(10-20(9-18)23-13-29-14-33-23)22(32)7-16(2)17-4-6-24(31-12-17)25(26,27)28/h3-6,8-14,16H,7H2,1-2H3/t16-/m0/s1. The highest BCUT2D eigenvalue weighted by Gasteiger charge is 2.32. The van der Waals surface area contributed by atoms with Gasteiger partial charge >= 0.3 is 6.18 Å². The second-order valence-corrected chi connectivity index (χ2v) is 7.89. The summed E-state index contributed by atoms with van der Waals surface area (Å²) >= 11 is 0. The van der Waals surface area contributed by atoms with Crippen molar-refractivity contribution in [3.63, 3.8) is 0 Å². The number of nitrogens with zero attached hydrogens (tertiary/aromatic N) is 3. The Morgan fingerprint density at radius 2 is 1.79 bits per heavy atom. The van der Waals surface area contributed by atoms with Crippen molar-refractivity contribution in [2.24, 2.45) is 0 Å². The van der Waals surface area contributed by atoms with Crippen LogP contribution in [-0.2, 0) is 6.18 Å². The number of hydrogen-bond acceptors (Lipinski definition) is 5. The summed E-state index contributed by atoms with van der Waals surface area (Å²) in [5.74, 6) is 0.0392. The third-order valence-electron chi connectivity index (χ3n) is 5.32. The first-order valence-corrected chi connectivity index (χ1v) is 10.2. The van der Waals surface area contributed by atoms with E-state index in [-0.39, 0.29) is 18.1 Å². The molecular weight excluding hydrogens is 431 g/mol. The smallest absolute Gasteiger partial charge is 0.433 e. The SMILES string of the molecule is Cc1ccc(-c2cc(C(=O)C[C@H](C)c3ccc(C(F)(F)F)nc3)cc(-c3cnco3)c2)nc1. The van der Waals surface area contributed by atoms with E-state index in [0.29, 0.717) is 28.1 Å². The molecule has 1 atom stereocenters. The van der Waals surface area contributed by atoms with E-state index in [1.165, 1.54) is 18.7 Å². The average molecular weight is 451 g/mol. The third kappa shape index (κ3) is 5.16. The Morgan fingerprint density at radius 1 is 1.00 bits per heavy atom. The lowest BCUT2D eigenvalue weighted by Gasteiger charge is -2.13. The minimum Gasteiger partial charge on any atom is -0.444 e. The molecular formula is C25H20F3N3O2. The summed E-state index contributed by atoms with van der Waals surface area (Å²) in [7, 11) is 0. The molecule has 0 N–H and O–H groups in total. The molecule has 0 fully saturated rings. The van der Waals surface area contributed by atoms with Crippen LogP contribution in [0.25, 0.3) is 22.6 Å². The zero-order valence-electron chi connectivity index (χ0n) is 17.9. The number of oxazole rings is 1. The predicted molar refractivity (Wildman–Crippen MR) is 117 cm³/mol. The number of carbonyl (C=O) groups excluding carboxylic acids is 1. The largest absolute Gasteiger partial charge is 0.444 e. The van der Waals surface area contributed by atoms with Gasteiger partial charge in [-0.05, 0) is 54.3 Å². The second kappa shape index (κ2) is 8.97. The number of hydrogen-bond donors (Lipinski definition) is 0. The number of aryl methyl sites for hydroxylation is 1. The zero-order valence-corrected chi connectivity index (χ0v) is 17.9. The quantitative estimate of drug-likeness (QED) is 0.313. The number of ketones is 1. The predicted octanol–water partition coefficient (Wildman–Crippen LogP) is 6.50. The fraction of sp³-hybridized carbons (Fsp3) is 0.200. The number of benzene rings is 1. The molecule has 0 aliphatic rings. The van der Waals surface area contributed by atoms with E-state index in [1.54, 1.807) is 31.5 Å². The van der Waals surface area contributed by atoms with Crippen molar-refractivity contribution in [3.05, 3.63) is 89.8 Å². The lowest BCUT2D eigenvalue weighted by Crippen LogP contribution is -2.10. The molecule has 0 bridgehead atoms. The Bertz CT molecular complexity index is 1250. The lowest BCUT2D eigenvalue weighted by atomic mass is 9.92. The van der Waals surface area contributed by atoms with Crippen LogP contribution in [0.3, 0.4) is 0 Å². The van der Waals surface area contributed by atoms with Crippen LogP contribution in [0.4, 0.5) is 13.2 Å². The zero-order chi connectivity index (χ0) is 23.6. The van der Waals surface area contributed by atoms with E-state index in [2.05, 4.69) is 15.0 Å². The Labute approximate surface area is 188 Å². The first-order valence-electron chi connectivity index (χ1n) is 10.2. The molecule has 4 rings (SSSR count). The van der Waals surface area contributed by atoms with Crippen LogP contribution in [0.2, 0.25) is 0 Å². The van der Waals surface area contributed by atoms with Crippen LogP contribution in [0.15, 0.2) is 71.9 Å². The van der Waals surface area contributed by atoms with Gasteiger partial charge in [0.25, 0.3) is 0 Å². The molecule has 0 aliphatic heterocycles. The summed E-state index contributed by atoms with van der Waals surface area (Å²) in [6.45, 7) is 3.72. The van der Waals surface area contributed by atoms with Gasteiger partial charge in [0.05, 0.1) is 11.9 Å². The van der Waals surface area contributed by atoms with Crippen molar-refractivity contribution >= 4 is 5.78 Å². The van der Waals surface area contributed by atoms with Crippen molar-refractivity contribution < 1.29 is 22.4 Å². The monoisotopic (exact) mass is 451 g/mol. The summed E-state index contributed by atoms with van der Waals surface area (Å²) < 4.78 is 43.7. The van der Waals surface area contributed by atoms with Crippen LogP contribution in [-0.4, -0.2) is 20.7 Å². The maximum Gasteiger partial charge on any atom is 0.433 e. The van der Waals surface area contributed by atoms with Gasteiger partial charge in [-0.25, -0.2) is 4.98 Å². The fourth-order valence-electron chi connectivity index (χ4n) is 3.45. The first-order chi connectivity index (χ1) is 15.7. The Kier molecular flexibility index (Phi) is 6.09. The molecule has 0 saturated heterocycles. The van der Waals surface area contributed by atoms with E-state index in [1.807, 2.05) is 25.1 Å². The number of carbonyl (C=O) groups is 1. The number of rotatable bonds is 6. The molecule has 3 heterocycles. The topological polar surface area (TPSA) is 68.9 Å². The summed E-state index contributed by atoms with van der Waals surface area (Å²) in [6, 6.07) is 11.5. The number of Topliss-reactive ketones (excluding diaryl/α,β-unsaturated/α-hetero) is 1. The highest BCUT2D eigenvalue weighted by Crippen LogP contribution is 2.31. The van der Waals surface area contributed by atoms with Crippen LogP contribution in [0.5, 0.6) is 0 Å². The molecule has 33 heavy (non-hydrogen) atoms. The molecule has 3 aromatic heterocycles. The van der Waals surface area contributed by atoms with Gasteiger partial charge in [0.15, 0.2) is 17.9 Å². The van der Waals surface area contributed by atoms with Crippen molar-refractivity contribution in [1.29, 1.82) is 0 Å². The fourth-order valence-corrected chi connectivity index (χ4v) is 3.45. The van der Waals surface area contributed by atoms with E-state index in [9.17, 15) is 18.0 Å². The normalized spacial score (nSPS) is 12.5. The minimum absolute atomic E-state index is 0.105. The van der Waals surface area contributed by atoms with Crippen LogP contribution < -0.4 is 0 Å². The van der Waals surface area contributed by atoms with Crippen LogP contribution >= 0.6 is 0 Å².